The van der Waals surface area contributed by atoms with Crippen molar-refractivity contribution in [1.82, 2.24) is 0 Å². The summed E-state index contributed by atoms with van der Waals surface area (Å²) in [6.45, 7) is 4.41. The van der Waals surface area contributed by atoms with Crippen molar-refractivity contribution < 1.29 is 0 Å². The van der Waals surface area contributed by atoms with E-state index in [2.05, 4.69) is 43.8 Å². The molecule has 12 heavy (non-hydrogen) atoms. The van der Waals surface area contributed by atoms with Gasteiger partial charge < -0.3 is 5.73 Å². The van der Waals surface area contributed by atoms with Crippen LogP contribution in [0.15, 0.2) is 30.3 Å². The maximum absolute atomic E-state index is 7.10. The van der Waals surface area contributed by atoms with E-state index in [0.29, 0.717) is 5.92 Å². The first-order chi connectivity index (χ1) is 5.72. The zero-order valence-corrected chi connectivity index (χ0v) is 7.49. The van der Waals surface area contributed by atoms with Gasteiger partial charge in [-0.25, -0.2) is 0 Å². The molecule has 1 aromatic carbocycles. The predicted octanol–water partition coefficient (Wildman–Crippen LogP) is 2.24. The van der Waals surface area contributed by atoms with Gasteiger partial charge in [-0.05, 0) is 11.5 Å². The van der Waals surface area contributed by atoms with Crippen molar-refractivity contribution in [3.63, 3.8) is 0 Å². The average Bonchev–Trinajstić information content (AvgIpc) is 2.07. The topological polar surface area (TPSA) is 49.8 Å². The van der Waals surface area contributed by atoms with Gasteiger partial charge in [0.25, 0.3) is 0 Å². The smallest absolute Gasteiger partial charge is 0.173 e. The Morgan fingerprint density at radius 2 is 1.67 bits per heavy atom. The van der Waals surface area contributed by atoms with Crippen LogP contribution < -0.4 is 5.73 Å². The monoisotopic (exact) mass is 162 g/mol. The van der Waals surface area contributed by atoms with Crippen molar-refractivity contribution in [2.24, 2.45) is 5.73 Å². The predicted molar refractivity (Wildman–Crippen MR) is 50.3 cm³/mol. The first-order valence-corrected chi connectivity index (χ1v) is 3.87. The molecule has 0 aliphatic carbocycles. The Morgan fingerprint density at radius 1 is 1.25 bits per heavy atom. The van der Waals surface area contributed by atoms with Crippen molar-refractivity contribution in [3.8, 4) is 6.19 Å². The Bertz CT molecular complexity index is 234. The molecule has 0 amide bonds. The first kappa shape index (κ1) is 10.5. The SMILES string of the molecule is CC(C)c1ccccc1.N#CN. The lowest BCUT2D eigenvalue weighted by Crippen LogP contribution is -1.83. The van der Waals surface area contributed by atoms with Crippen LogP contribution >= 0.6 is 0 Å². The Morgan fingerprint density at radius 3 is 1.92 bits per heavy atom. The summed E-state index contributed by atoms with van der Waals surface area (Å²) in [5, 5.41) is 7.10. The fraction of sp³-hybridized carbons (Fsp3) is 0.300. The van der Waals surface area contributed by atoms with Crippen molar-refractivity contribution in [1.29, 1.82) is 5.26 Å². The molecule has 0 bridgehead atoms. The van der Waals surface area contributed by atoms with Crippen LogP contribution in [0.1, 0.15) is 25.3 Å². The third-order valence-electron chi connectivity index (χ3n) is 1.47. The van der Waals surface area contributed by atoms with Gasteiger partial charge in [0.1, 0.15) is 0 Å². The molecule has 0 radical (unpaired) electrons. The summed E-state index contributed by atoms with van der Waals surface area (Å²) in [6.07, 6.45) is 1.25. The molecule has 0 saturated carbocycles. The molecular weight excluding hydrogens is 148 g/mol. The third kappa shape index (κ3) is 4.35. The molecule has 2 nitrogen and oxygen atoms in total. The highest BCUT2D eigenvalue weighted by atomic mass is 14.5. The van der Waals surface area contributed by atoms with Crippen molar-refractivity contribution >= 4 is 0 Å². The summed E-state index contributed by atoms with van der Waals surface area (Å²) in [7, 11) is 0. The number of rotatable bonds is 1. The second-order valence-corrected chi connectivity index (χ2v) is 2.69. The molecule has 0 aliphatic rings. The van der Waals surface area contributed by atoms with Gasteiger partial charge in [0.2, 0.25) is 0 Å². The van der Waals surface area contributed by atoms with E-state index in [1.807, 2.05) is 6.07 Å². The van der Waals surface area contributed by atoms with Crippen LogP contribution in [0.3, 0.4) is 0 Å². The lowest BCUT2D eigenvalue weighted by atomic mass is 10.0. The van der Waals surface area contributed by atoms with Crippen molar-refractivity contribution in [2.75, 3.05) is 0 Å². The molecule has 0 spiro atoms. The number of nitrogens with two attached hydrogens (primary N) is 1. The normalized spacial score (nSPS) is 8.17. The van der Waals surface area contributed by atoms with Crippen molar-refractivity contribution in [2.45, 2.75) is 19.8 Å². The summed E-state index contributed by atoms with van der Waals surface area (Å²) in [5.74, 6) is 0.659. The summed E-state index contributed by atoms with van der Waals surface area (Å²) in [6, 6.07) is 10.5. The van der Waals surface area contributed by atoms with Crippen molar-refractivity contribution in [3.05, 3.63) is 35.9 Å². The van der Waals surface area contributed by atoms with Gasteiger partial charge >= 0.3 is 0 Å². The van der Waals surface area contributed by atoms with Crippen LogP contribution in [0.4, 0.5) is 0 Å². The van der Waals surface area contributed by atoms with Crippen LogP contribution in [-0.4, -0.2) is 0 Å². The van der Waals surface area contributed by atoms with E-state index in [9.17, 15) is 0 Å². The molecule has 64 valence electrons. The van der Waals surface area contributed by atoms with Gasteiger partial charge in [-0.3, -0.25) is 0 Å². The van der Waals surface area contributed by atoms with Crippen LogP contribution in [0, 0.1) is 11.5 Å². The highest BCUT2D eigenvalue weighted by Crippen LogP contribution is 2.11. The molecule has 2 heteroatoms. The standard InChI is InChI=1S/C9H12.CH2N2/c1-8(2)9-6-4-3-5-7-9;2-1-3/h3-8H,1-2H3;2H2. The molecule has 1 rings (SSSR count). The Kier molecular flexibility index (Phi) is 5.46. The summed E-state index contributed by atoms with van der Waals surface area (Å²) < 4.78 is 0. The highest BCUT2D eigenvalue weighted by molar-refractivity contribution is 5.17. The Labute approximate surface area is 73.6 Å². The highest BCUT2D eigenvalue weighted by Gasteiger charge is 1.93. The van der Waals surface area contributed by atoms with Crippen LogP contribution in [0.2, 0.25) is 0 Å². The largest absolute Gasteiger partial charge is 0.337 e. The van der Waals surface area contributed by atoms with E-state index in [1.165, 1.54) is 11.8 Å². The number of hydrogen-bond acceptors (Lipinski definition) is 2. The van der Waals surface area contributed by atoms with E-state index >= 15 is 0 Å². The lowest BCUT2D eigenvalue weighted by molar-refractivity contribution is 0.867. The molecule has 0 saturated heterocycles. The molecule has 0 aromatic heterocycles. The second-order valence-electron chi connectivity index (χ2n) is 2.69. The lowest BCUT2D eigenvalue weighted by Gasteiger charge is -2.01. The van der Waals surface area contributed by atoms with E-state index in [4.69, 9.17) is 5.26 Å². The summed E-state index contributed by atoms with van der Waals surface area (Å²) in [4.78, 5) is 0. The molecule has 0 unspecified atom stereocenters. The first-order valence-electron chi connectivity index (χ1n) is 3.87. The minimum absolute atomic E-state index is 0.659. The number of nitrogens with zero attached hydrogens (tertiary/aromatic N) is 1. The summed E-state index contributed by atoms with van der Waals surface area (Å²) in [5.41, 5.74) is 5.57. The van der Waals surface area contributed by atoms with Gasteiger partial charge in [0.05, 0.1) is 0 Å². The molecule has 0 heterocycles. The zero-order chi connectivity index (χ0) is 9.40. The maximum Gasteiger partial charge on any atom is 0.173 e. The maximum atomic E-state index is 7.10. The van der Waals surface area contributed by atoms with Crippen LogP contribution in [0.5, 0.6) is 0 Å². The fourth-order valence-corrected chi connectivity index (χ4v) is 0.838. The third-order valence-corrected chi connectivity index (χ3v) is 1.47. The molecule has 0 aliphatic heterocycles. The molecule has 0 fully saturated rings. The van der Waals surface area contributed by atoms with Gasteiger partial charge in [0.15, 0.2) is 6.19 Å². The minimum atomic E-state index is 0.659. The number of nitriles is 1. The van der Waals surface area contributed by atoms with E-state index in [-0.39, 0.29) is 0 Å². The zero-order valence-electron chi connectivity index (χ0n) is 7.49. The van der Waals surface area contributed by atoms with E-state index < -0.39 is 0 Å². The van der Waals surface area contributed by atoms with Gasteiger partial charge in [-0.15, -0.1) is 0 Å². The van der Waals surface area contributed by atoms with Crippen LogP contribution in [-0.2, 0) is 0 Å². The molecule has 1 aromatic rings. The quantitative estimate of drug-likeness (QED) is 0.508. The van der Waals surface area contributed by atoms with E-state index in [1.54, 1.807) is 0 Å². The van der Waals surface area contributed by atoms with Gasteiger partial charge in [-0.2, -0.15) is 5.26 Å². The van der Waals surface area contributed by atoms with Gasteiger partial charge in [-0.1, -0.05) is 44.2 Å². The molecule has 0 atom stereocenters. The second kappa shape index (κ2) is 6.23. The number of benzene rings is 1. The van der Waals surface area contributed by atoms with Gasteiger partial charge in [0, 0.05) is 0 Å². The van der Waals surface area contributed by atoms with E-state index in [0.717, 1.165) is 0 Å². The van der Waals surface area contributed by atoms with Crippen LogP contribution in [0.25, 0.3) is 0 Å². The number of hydrogen-bond donors (Lipinski definition) is 1. The molecular formula is C10H14N2. The minimum Gasteiger partial charge on any atom is -0.337 e. The Balaban J connectivity index is 0.000000354. The summed E-state index contributed by atoms with van der Waals surface area (Å²) >= 11 is 0. The Hall–Kier alpha value is -1.49. The average molecular weight is 162 g/mol. The molecule has 2 N–H and O–H groups in total. The fourth-order valence-electron chi connectivity index (χ4n) is 0.838.